The Bertz CT molecular complexity index is 1050. The lowest BCUT2D eigenvalue weighted by atomic mass is 10.2. The van der Waals surface area contributed by atoms with Crippen molar-refractivity contribution in [3.8, 4) is 11.5 Å². The van der Waals surface area contributed by atoms with Crippen LogP contribution in [-0.4, -0.2) is 49.8 Å². The number of benzene rings is 2. The molecule has 0 heterocycles. The first-order valence-corrected chi connectivity index (χ1v) is 10.7. The summed E-state index contributed by atoms with van der Waals surface area (Å²) in [4.78, 5) is 24.7. The van der Waals surface area contributed by atoms with Crippen LogP contribution >= 0.6 is 11.6 Å². The van der Waals surface area contributed by atoms with Gasteiger partial charge in [-0.1, -0.05) is 25.4 Å². The van der Waals surface area contributed by atoms with Crippen molar-refractivity contribution in [2.75, 3.05) is 20.2 Å². The Kier molecular flexibility index (Phi) is 7.65. The van der Waals surface area contributed by atoms with Gasteiger partial charge in [0, 0.05) is 18.1 Å². The van der Waals surface area contributed by atoms with Gasteiger partial charge in [0.2, 0.25) is 10.0 Å². The zero-order chi connectivity index (χ0) is 22.5. The molecule has 2 amide bonds. The number of phenols is 1. The number of aromatic hydroxyl groups is 1. The summed E-state index contributed by atoms with van der Waals surface area (Å²) in [6.07, 6.45) is 0. The first-order valence-electron chi connectivity index (χ1n) is 8.93. The second kappa shape index (κ2) is 9.79. The molecule has 0 aliphatic carbocycles. The molecule has 0 aliphatic heterocycles. The highest BCUT2D eigenvalue weighted by atomic mass is 35.5. The van der Waals surface area contributed by atoms with Gasteiger partial charge >= 0.3 is 0 Å². The minimum absolute atomic E-state index is 0.0871. The third kappa shape index (κ3) is 5.02. The third-order valence-corrected chi connectivity index (χ3v) is 6.53. The van der Waals surface area contributed by atoms with Crippen LogP contribution in [0.5, 0.6) is 11.5 Å². The maximum absolute atomic E-state index is 12.7. The van der Waals surface area contributed by atoms with Crippen molar-refractivity contribution < 1.29 is 27.9 Å². The van der Waals surface area contributed by atoms with E-state index in [1.54, 1.807) is 13.8 Å². The topological polar surface area (TPSA) is 125 Å². The van der Waals surface area contributed by atoms with Gasteiger partial charge in [-0.15, -0.1) is 0 Å². The molecule has 0 atom stereocenters. The minimum Gasteiger partial charge on any atom is -0.507 e. The van der Waals surface area contributed by atoms with Gasteiger partial charge < -0.3 is 9.84 Å². The summed E-state index contributed by atoms with van der Waals surface area (Å²) in [5.41, 5.74) is 4.08. The van der Waals surface area contributed by atoms with E-state index in [0.29, 0.717) is 0 Å². The smallest absolute Gasteiger partial charge is 0.273 e. The molecular formula is C19H22ClN3O6S. The van der Waals surface area contributed by atoms with Crippen molar-refractivity contribution in [2.45, 2.75) is 18.7 Å². The van der Waals surface area contributed by atoms with E-state index in [1.165, 1.54) is 47.8 Å². The maximum Gasteiger partial charge on any atom is 0.273 e. The Balaban J connectivity index is 2.28. The SMILES string of the molecule is CCN(CC)S(=O)(=O)c1ccc(OC)c(C(=O)NNC(=O)c2cc(Cl)ccc2O)c1. The number of nitrogens with zero attached hydrogens (tertiary/aromatic N) is 1. The lowest BCUT2D eigenvalue weighted by Gasteiger charge is -2.19. The van der Waals surface area contributed by atoms with Gasteiger partial charge in [0.15, 0.2) is 0 Å². The van der Waals surface area contributed by atoms with Gasteiger partial charge in [-0.2, -0.15) is 4.31 Å². The molecule has 11 heteroatoms. The van der Waals surface area contributed by atoms with Gasteiger partial charge in [-0.05, 0) is 36.4 Å². The fourth-order valence-corrected chi connectivity index (χ4v) is 4.33. The van der Waals surface area contributed by atoms with Crippen LogP contribution in [-0.2, 0) is 10.0 Å². The number of hydrogen-bond donors (Lipinski definition) is 3. The Labute approximate surface area is 179 Å². The van der Waals surface area contributed by atoms with Crippen molar-refractivity contribution in [2.24, 2.45) is 0 Å². The summed E-state index contributed by atoms with van der Waals surface area (Å²) < 4.78 is 31.8. The molecule has 3 N–H and O–H groups in total. The van der Waals surface area contributed by atoms with Crippen LogP contribution in [0.4, 0.5) is 0 Å². The molecule has 0 spiro atoms. The number of rotatable bonds is 7. The number of nitrogens with one attached hydrogen (secondary N) is 2. The number of amides is 2. The number of phenolic OH excluding ortho intramolecular Hbond substituents is 1. The van der Waals surface area contributed by atoms with Crippen LogP contribution in [0.3, 0.4) is 0 Å². The van der Waals surface area contributed by atoms with E-state index in [2.05, 4.69) is 10.9 Å². The third-order valence-electron chi connectivity index (χ3n) is 4.25. The molecule has 2 aromatic carbocycles. The number of ether oxygens (including phenoxy) is 1. The Hall–Kier alpha value is -2.82. The average molecular weight is 456 g/mol. The van der Waals surface area contributed by atoms with Crippen LogP contribution in [0.25, 0.3) is 0 Å². The van der Waals surface area contributed by atoms with Gasteiger partial charge in [0.25, 0.3) is 11.8 Å². The van der Waals surface area contributed by atoms with E-state index < -0.39 is 21.8 Å². The Morgan fingerprint density at radius 2 is 1.63 bits per heavy atom. The van der Waals surface area contributed by atoms with Crippen molar-refractivity contribution in [1.29, 1.82) is 0 Å². The number of methoxy groups -OCH3 is 1. The second-order valence-electron chi connectivity index (χ2n) is 6.02. The number of sulfonamides is 1. The normalized spacial score (nSPS) is 11.2. The Morgan fingerprint density at radius 1 is 1.03 bits per heavy atom. The molecule has 0 fully saturated rings. The summed E-state index contributed by atoms with van der Waals surface area (Å²) >= 11 is 5.81. The molecule has 2 aromatic rings. The number of halogens is 1. The number of hydrazine groups is 1. The molecule has 0 aromatic heterocycles. The highest BCUT2D eigenvalue weighted by Gasteiger charge is 2.25. The number of hydrogen-bond acceptors (Lipinski definition) is 6. The molecule has 0 bridgehead atoms. The van der Waals surface area contributed by atoms with Crippen molar-refractivity contribution in [3.05, 3.63) is 52.5 Å². The van der Waals surface area contributed by atoms with Gasteiger partial charge in [-0.25, -0.2) is 8.42 Å². The van der Waals surface area contributed by atoms with E-state index in [9.17, 15) is 23.1 Å². The largest absolute Gasteiger partial charge is 0.507 e. The zero-order valence-corrected chi connectivity index (χ0v) is 18.2. The fourth-order valence-electron chi connectivity index (χ4n) is 2.68. The predicted octanol–water partition coefficient (Wildman–Crippen LogP) is 2.16. The molecule has 9 nitrogen and oxygen atoms in total. The van der Waals surface area contributed by atoms with Crippen LogP contribution in [0, 0.1) is 0 Å². The van der Waals surface area contributed by atoms with Crippen LogP contribution in [0.2, 0.25) is 5.02 Å². The lowest BCUT2D eigenvalue weighted by Crippen LogP contribution is -2.41. The molecule has 0 saturated carbocycles. The Morgan fingerprint density at radius 3 is 2.20 bits per heavy atom. The monoisotopic (exact) mass is 455 g/mol. The molecule has 2 rings (SSSR count). The van der Waals surface area contributed by atoms with Gasteiger partial charge in [0.1, 0.15) is 11.5 Å². The average Bonchev–Trinajstić information content (AvgIpc) is 2.73. The molecule has 0 aliphatic rings. The van der Waals surface area contributed by atoms with Crippen LogP contribution in [0.1, 0.15) is 34.6 Å². The first kappa shape index (κ1) is 23.5. The van der Waals surface area contributed by atoms with Gasteiger partial charge in [-0.3, -0.25) is 20.4 Å². The van der Waals surface area contributed by atoms with E-state index in [4.69, 9.17) is 16.3 Å². The zero-order valence-electron chi connectivity index (χ0n) is 16.6. The van der Waals surface area contributed by atoms with Crippen LogP contribution in [0.15, 0.2) is 41.3 Å². The van der Waals surface area contributed by atoms with E-state index in [-0.39, 0.29) is 45.6 Å². The summed E-state index contributed by atoms with van der Waals surface area (Å²) in [5.74, 6) is -1.82. The van der Waals surface area contributed by atoms with Crippen LogP contribution < -0.4 is 15.6 Å². The standard InChI is InChI=1S/C19H22ClN3O6S/c1-4-23(5-2)30(27,28)13-7-9-17(29-3)15(11-13)19(26)22-21-18(25)14-10-12(20)6-8-16(14)24/h6-11,24H,4-5H2,1-3H3,(H,21,25)(H,22,26). The molecule has 0 radical (unpaired) electrons. The molecular weight excluding hydrogens is 434 g/mol. The van der Waals surface area contributed by atoms with Crippen molar-refractivity contribution >= 4 is 33.4 Å². The molecule has 0 saturated heterocycles. The molecule has 0 unspecified atom stereocenters. The first-order chi connectivity index (χ1) is 14.1. The second-order valence-corrected chi connectivity index (χ2v) is 8.40. The van der Waals surface area contributed by atoms with Crippen molar-refractivity contribution in [1.82, 2.24) is 15.2 Å². The summed E-state index contributed by atoms with van der Waals surface area (Å²) in [6, 6.07) is 7.74. The number of carbonyl (C=O) groups is 2. The highest BCUT2D eigenvalue weighted by molar-refractivity contribution is 7.89. The molecule has 30 heavy (non-hydrogen) atoms. The molecule has 162 valence electrons. The minimum atomic E-state index is -3.80. The number of carbonyl (C=O) groups excluding carboxylic acids is 2. The maximum atomic E-state index is 12.7. The van der Waals surface area contributed by atoms with E-state index in [0.717, 1.165) is 0 Å². The van der Waals surface area contributed by atoms with Gasteiger partial charge in [0.05, 0.1) is 23.1 Å². The summed E-state index contributed by atoms with van der Waals surface area (Å²) in [5, 5.41) is 9.99. The van der Waals surface area contributed by atoms with E-state index >= 15 is 0 Å². The highest BCUT2D eigenvalue weighted by Crippen LogP contribution is 2.25. The predicted molar refractivity (Wildman–Crippen MR) is 111 cm³/mol. The summed E-state index contributed by atoms with van der Waals surface area (Å²) in [7, 11) is -2.48. The summed E-state index contributed by atoms with van der Waals surface area (Å²) in [6.45, 7) is 3.95. The lowest BCUT2D eigenvalue weighted by molar-refractivity contribution is 0.0843. The fraction of sp³-hybridized carbons (Fsp3) is 0.263. The van der Waals surface area contributed by atoms with E-state index in [1.807, 2.05) is 0 Å². The quantitative estimate of drug-likeness (QED) is 0.549. The van der Waals surface area contributed by atoms with Crippen molar-refractivity contribution in [3.63, 3.8) is 0 Å².